The van der Waals surface area contributed by atoms with Crippen molar-refractivity contribution in [1.29, 1.82) is 0 Å². The fraction of sp³-hybridized carbons (Fsp3) is 0.0556. The van der Waals surface area contributed by atoms with E-state index in [0.29, 0.717) is 0 Å². The molecule has 0 amide bonds. The zero-order valence-electron chi connectivity index (χ0n) is 11.1. The Bertz CT molecular complexity index is 1100. The van der Waals surface area contributed by atoms with E-state index < -0.39 is 0 Å². The van der Waals surface area contributed by atoms with E-state index in [9.17, 15) is 0 Å². The van der Waals surface area contributed by atoms with Crippen molar-refractivity contribution in [3.63, 3.8) is 0 Å². The maximum Gasteiger partial charge on any atom is 0.0651 e. The first-order valence-electron chi connectivity index (χ1n) is 6.83. The summed E-state index contributed by atoms with van der Waals surface area (Å²) in [5.41, 5.74) is 5.11. The van der Waals surface area contributed by atoms with E-state index in [-0.39, 0.29) is 0 Å². The van der Waals surface area contributed by atoms with Crippen LogP contribution in [0.1, 0.15) is 5.56 Å². The third-order valence-corrected chi connectivity index (χ3v) is 4.26. The lowest BCUT2D eigenvalue weighted by molar-refractivity contribution is 1.35. The van der Waals surface area contributed by atoms with Crippen LogP contribution in [0.15, 0.2) is 54.9 Å². The van der Waals surface area contributed by atoms with Crippen molar-refractivity contribution in [2.45, 2.75) is 6.92 Å². The molecular weight excluding hydrogens is 244 g/mol. The molecule has 0 aliphatic heterocycles. The number of nitrogens with zero attached hydrogens (tertiary/aromatic N) is 2. The van der Waals surface area contributed by atoms with Crippen LogP contribution in [0.2, 0.25) is 0 Å². The molecule has 0 aliphatic rings. The molecule has 2 nitrogen and oxygen atoms in total. The first-order chi connectivity index (χ1) is 9.84. The summed E-state index contributed by atoms with van der Waals surface area (Å²) in [6, 6.07) is 15.2. The summed E-state index contributed by atoms with van der Waals surface area (Å²) in [7, 11) is 0. The monoisotopic (exact) mass is 256 g/mol. The molecule has 0 aliphatic carbocycles. The van der Waals surface area contributed by atoms with Crippen molar-refractivity contribution in [1.82, 2.24) is 9.38 Å². The lowest BCUT2D eigenvalue weighted by Crippen LogP contribution is -1.80. The molecule has 0 N–H and O–H groups in total. The largest absolute Gasteiger partial charge is 0.308 e. The minimum Gasteiger partial charge on any atom is -0.308 e. The van der Waals surface area contributed by atoms with Gasteiger partial charge < -0.3 is 4.40 Å². The van der Waals surface area contributed by atoms with Gasteiger partial charge in [-0.3, -0.25) is 4.98 Å². The number of fused-ring (bicyclic) bond motifs is 6. The molecular formula is C18H12N2. The summed E-state index contributed by atoms with van der Waals surface area (Å²) in [6.45, 7) is 2.14. The molecule has 3 aromatic heterocycles. The average molecular weight is 256 g/mol. The standard InChI is InChI=1S/C18H12N2/c1-11-6-7-17-13(8-11)15-10-19-9-14-12-4-2-3-5-16(12)20(17)18(14)15/h2-10H,1H3. The SMILES string of the molecule is Cc1ccc2c(c1)c1cncc3c4ccccc4n2c31. The maximum absolute atomic E-state index is 4.45. The normalized spacial score (nSPS) is 12.2. The number of aryl methyl sites for hydroxylation is 1. The zero-order valence-corrected chi connectivity index (χ0v) is 11.1. The minimum atomic E-state index is 1.24. The highest BCUT2D eigenvalue weighted by Crippen LogP contribution is 2.38. The molecule has 0 atom stereocenters. The second-order valence-corrected chi connectivity index (χ2v) is 5.46. The highest BCUT2D eigenvalue weighted by molar-refractivity contribution is 6.22. The second-order valence-electron chi connectivity index (χ2n) is 5.46. The number of benzene rings is 2. The van der Waals surface area contributed by atoms with E-state index in [1.807, 2.05) is 12.4 Å². The van der Waals surface area contributed by atoms with Gasteiger partial charge in [0, 0.05) is 33.9 Å². The number of hydrogen-bond acceptors (Lipinski definition) is 1. The molecule has 0 saturated carbocycles. The Kier molecular flexibility index (Phi) is 1.68. The van der Waals surface area contributed by atoms with Crippen LogP contribution in [0.4, 0.5) is 0 Å². The van der Waals surface area contributed by atoms with E-state index in [0.717, 1.165) is 0 Å². The fourth-order valence-electron chi connectivity index (χ4n) is 3.42. The van der Waals surface area contributed by atoms with Gasteiger partial charge in [-0.2, -0.15) is 0 Å². The Hall–Kier alpha value is -2.61. The summed E-state index contributed by atoms with van der Waals surface area (Å²) in [5, 5.41) is 5.07. The van der Waals surface area contributed by atoms with Gasteiger partial charge in [0.2, 0.25) is 0 Å². The second kappa shape index (κ2) is 3.28. The molecule has 94 valence electrons. The van der Waals surface area contributed by atoms with Crippen molar-refractivity contribution in [2.24, 2.45) is 0 Å². The van der Waals surface area contributed by atoms with Gasteiger partial charge in [0.1, 0.15) is 0 Å². The van der Waals surface area contributed by atoms with Gasteiger partial charge in [-0.05, 0) is 25.1 Å². The van der Waals surface area contributed by atoms with Crippen molar-refractivity contribution in [2.75, 3.05) is 0 Å². The van der Waals surface area contributed by atoms with Crippen molar-refractivity contribution in [3.8, 4) is 0 Å². The number of pyridine rings is 1. The van der Waals surface area contributed by atoms with Crippen LogP contribution in [0.3, 0.4) is 0 Å². The molecule has 0 fully saturated rings. The molecule has 0 bridgehead atoms. The Morgan fingerprint density at radius 3 is 2.45 bits per heavy atom. The van der Waals surface area contributed by atoms with Crippen LogP contribution >= 0.6 is 0 Å². The fourth-order valence-corrected chi connectivity index (χ4v) is 3.42. The van der Waals surface area contributed by atoms with Gasteiger partial charge in [-0.1, -0.05) is 29.8 Å². The van der Waals surface area contributed by atoms with E-state index >= 15 is 0 Å². The van der Waals surface area contributed by atoms with Gasteiger partial charge in [-0.15, -0.1) is 0 Å². The third-order valence-electron chi connectivity index (χ3n) is 4.26. The van der Waals surface area contributed by atoms with Crippen LogP contribution in [0, 0.1) is 6.92 Å². The molecule has 3 heterocycles. The summed E-state index contributed by atoms with van der Waals surface area (Å²) < 4.78 is 2.37. The average Bonchev–Trinajstić information content (AvgIpc) is 2.98. The summed E-state index contributed by atoms with van der Waals surface area (Å²) in [4.78, 5) is 4.45. The van der Waals surface area contributed by atoms with E-state index in [2.05, 4.69) is 58.8 Å². The van der Waals surface area contributed by atoms with Gasteiger partial charge in [0.15, 0.2) is 0 Å². The number of rotatable bonds is 0. The maximum atomic E-state index is 4.45. The number of aromatic nitrogens is 2. The summed E-state index contributed by atoms with van der Waals surface area (Å²) in [6.07, 6.45) is 3.97. The van der Waals surface area contributed by atoms with E-state index in [1.54, 1.807) is 0 Å². The van der Waals surface area contributed by atoms with Crippen molar-refractivity contribution in [3.05, 3.63) is 60.4 Å². The molecule has 5 aromatic rings. The first-order valence-corrected chi connectivity index (χ1v) is 6.83. The Morgan fingerprint density at radius 1 is 0.800 bits per heavy atom. The Balaban J connectivity index is 2.27. The molecule has 0 radical (unpaired) electrons. The van der Waals surface area contributed by atoms with Crippen LogP contribution in [0.5, 0.6) is 0 Å². The third kappa shape index (κ3) is 1.04. The lowest BCUT2D eigenvalue weighted by Gasteiger charge is -1.98. The highest BCUT2D eigenvalue weighted by Gasteiger charge is 2.16. The molecule has 5 rings (SSSR count). The van der Waals surface area contributed by atoms with Gasteiger partial charge >= 0.3 is 0 Å². The van der Waals surface area contributed by atoms with Crippen molar-refractivity contribution < 1.29 is 0 Å². The van der Waals surface area contributed by atoms with Crippen LogP contribution in [-0.4, -0.2) is 9.38 Å². The molecule has 0 saturated heterocycles. The van der Waals surface area contributed by atoms with E-state index in [1.165, 1.54) is 43.7 Å². The van der Waals surface area contributed by atoms with Gasteiger partial charge in [0.25, 0.3) is 0 Å². The van der Waals surface area contributed by atoms with Crippen molar-refractivity contribution >= 4 is 38.1 Å². The smallest absolute Gasteiger partial charge is 0.0651 e. The highest BCUT2D eigenvalue weighted by atomic mass is 14.9. The lowest BCUT2D eigenvalue weighted by atomic mass is 10.1. The predicted molar refractivity (Wildman–Crippen MR) is 83.6 cm³/mol. The van der Waals surface area contributed by atoms with E-state index in [4.69, 9.17) is 0 Å². The van der Waals surface area contributed by atoms with Crippen LogP contribution < -0.4 is 0 Å². The van der Waals surface area contributed by atoms with Crippen LogP contribution in [-0.2, 0) is 0 Å². The predicted octanol–water partition coefficient (Wildman–Crippen LogP) is 4.54. The molecule has 0 unspecified atom stereocenters. The quantitative estimate of drug-likeness (QED) is 0.397. The van der Waals surface area contributed by atoms with Gasteiger partial charge in [0.05, 0.1) is 16.6 Å². The number of para-hydroxylation sites is 1. The molecule has 0 spiro atoms. The minimum absolute atomic E-state index is 1.24. The van der Waals surface area contributed by atoms with Gasteiger partial charge in [-0.25, -0.2) is 0 Å². The summed E-state index contributed by atoms with van der Waals surface area (Å²) >= 11 is 0. The Labute approximate surface area is 115 Å². The molecule has 2 heteroatoms. The molecule has 2 aromatic carbocycles. The number of hydrogen-bond donors (Lipinski definition) is 0. The van der Waals surface area contributed by atoms with Crippen LogP contribution in [0.25, 0.3) is 38.1 Å². The molecule has 20 heavy (non-hydrogen) atoms. The first kappa shape index (κ1) is 10.2. The summed E-state index contributed by atoms with van der Waals surface area (Å²) in [5.74, 6) is 0. The topological polar surface area (TPSA) is 17.3 Å². The zero-order chi connectivity index (χ0) is 13.3. The Morgan fingerprint density at radius 2 is 1.55 bits per heavy atom.